The SMILES string of the molecule is NN.O=C1C=CC(=O)O1. The highest BCUT2D eigenvalue weighted by atomic mass is 16.6. The molecule has 0 bridgehead atoms. The van der Waals surface area contributed by atoms with Crippen LogP contribution in [0.3, 0.4) is 0 Å². The molecule has 50 valence electrons. The Labute approximate surface area is 51.2 Å². The van der Waals surface area contributed by atoms with Gasteiger partial charge in [0.05, 0.1) is 0 Å². The van der Waals surface area contributed by atoms with E-state index in [0.29, 0.717) is 0 Å². The predicted octanol–water partition coefficient (Wildman–Crippen LogP) is -1.56. The van der Waals surface area contributed by atoms with Crippen LogP contribution >= 0.6 is 0 Å². The van der Waals surface area contributed by atoms with E-state index in [0.717, 1.165) is 12.2 Å². The van der Waals surface area contributed by atoms with Crippen molar-refractivity contribution in [2.45, 2.75) is 0 Å². The maximum atomic E-state index is 9.92. The molecule has 1 aliphatic heterocycles. The fourth-order valence-electron chi connectivity index (χ4n) is 0.303. The van der Waals surface area contributed by atoms with Crippen LogP contribution in [0.4, 0.5) is 0 Å². The normalized spacial score (nSPS) is 14.4. The second-order valence-electron chi connectivity index (χ2n) is 1.07. The van der Waals surface area contributed by atoms with Crippen molar-refractivity contribution in [3.8, 4) is 0 Å². The lowest BCUT2D eigenvalue weighted by Gasteiger charge is -1.80. The molecule has 0 aromatic heterocycles. The topological polar surface area (TPSA) is 95.4 Å². The summed E-state index contributed by atoms with van der Waals surface area (Å²) in [5.74, 6) is 6.84. The maximum absolute atomic E-state index is 9.92. The van der Waals surface area contributed by atoms with Crippen LogP contribution in [0.1, 0.15) is 0 Å². The highest BCUT2D eigenvalue weighted by Gasteiger charge is 2.10. The van der Waals surface area contributed by atoms with Crippen molar-refractivity contribution in [2.24, 2.45) is 11.7 Å². The molecular formula is C4H6N2O3. The van der Waals surface area contributed by atoms with Crippen LogP contribution in [0, 0.1) is 0 Å². The molecule has 4 N–H and O–H groups in total. The number of cyclic esters (lactones) is 2. The van der Waals surface area contributed by atoms with Crippen LogP contribution in [0.5, 0.6) is 0 Å². The third-order valence-corrected chi connectivity index (χ3v) is 0.557. The zero-order chi connectivity index (χ0) is 7.28. The number of rotatable bonds is 0. The molecule has 0 saturated heterocycles. The van der Waals surface area contributed by atoms with Gasteiger partial charge in [-0.1, -0.05) is 0 Å². The van der Waals surface area contributed by atoms with E-state index in [1.807, 2.05) is 0 Å². The average molecular weight is 130 g/mol. The molecule has 0 saturated carbocycles. The molecule has 0 spiro atoms. The number of hydrogen-bond donors (Lipinski definition) is 2. The summed E-state index contributed by atoms with van der Waals surface area (Å²) < 4.78 is 3.97. The Morgan fingerprint density at radius 1 is 1.11 bits per heavy atom. The van der Waals surface area contributed by atoms with Gasteiger partial charge in [-0.3, -0.25) is 11.7 Å². The lowest BCUT2D eigenvalue weighted by atomic mass is 10.6. The molecule has 1 heterocycles. The molecule has 0 radical (unpaired) electrons. The number of carbonyl (C=O) groups excluding carboxylic acids is 2. The van der Waals surface area contributed by atoms with Crippen LogP contribution in [0.2, 0.25) is 0 Å². The zero-order valence-corrected chi connectivity index (χ0v) is 4.53. The fraction of sp³-hybridized carbons (Fsp3) is 0. The fourth-order valence-corrected chi connectivity index (χ4v) is 0.303. The smallest absolute Gasteiger partial charge is 0.338 e. The zero-order valence-electron chi connectivity index (χ0n) is 4.53. The summed E-state index contributed by atoms with van der Waals surface area (Å²) in [6.07, 6.45) is 2.17. The third-order valence-electron chi connectivity index (χ3n) is 0.557. The lowest BCUT2D eigenvalue weighted by Crippen LogP contribution is -2.02. The Morgan fingerprint density at radius 3 is 1.56 bits per heavy atom. The molecule has 0 unspecified atom stereocenters. The van der Waals surface area contributed by atoms with Crippen molar-refractivity contribution in [3.63, 3.8) is 0 Å². The van der Waals surface area contributed by atoms with Gasteiger partial charge in [-0.25, -0.2) is 9.59 Å². The molecule has 0 fully saturated rings. The quantitative estimate of drug-likeness (QED) is 0.179. The van der Waals surface area contributed by atoms with Crippen LogP contribution in [0.25, 0.3) is 0 Å². The van der Waals surface area contributed by atoms with E-state index in [1.165, 1.54) is 0 Å². The van der Waals surface area contributed by atoms with Gasteiger partial charge < -0.3 is 4.74 Å². The molecule has 1 rings (SSSR count). The van der Waals surface area contributed by atoms with Gasteiger partial charge in [0, 0.05) is 12.2 Å². The first-order chi connectivity index (χ1) is 4.29. The average Bonchev–Trinajstić information content (AvgIpc) is 2.20. The largest absolute Gasteiger partial charge is 0.387 e. The van der Waals surface area contributed by atoms with Crippen molar-refractivity contribution in [1.82, 2.24) is 0 Å². The minimum Gasteiger partial charge on any atom is -0.387 e. The van der Waals surface area contributed by atoms with Gasteiger partial charge in [0.1, 0.15) is 0 Å². The summed E-state index contributed by atoms with van der Waals surface area (Å²) in [7, 11) is 0. The summed E-state index contributed by atoms with van der Waals surface area (Å²) >= 11 is 0. The summed E-state index contributed by atoms with van der Waals surface area (Å²) in [5.41, 5.74) is 0. The number of ether oxygens (including phenoxy) is 1. The van der Waals surface area contributed by atoms with E-state index in [-0.39, 0.29) is 0 Å². The Balaban J connectivity index is 0.000000291. The van der Waals surface area contributed by atoms with E-state index in [4.69, 9.17) is 0 Å². The van der Waals surface area contributed by atoms with Crippen LogP contribution in [-0.4, -0.2) is 11.9 Å². The number of hydrogen-bond acceptors (Lipinski definition) is 5. The standard InChI is InChI=1S/C4H2O3.H4N2/c5-3-1-2-4(6)7-3;1-2/h1-2H;1-2H2. The number of nitrogens with two attached hydrogens (primary N) is 2. The summed E-state index contributed by atoms with van der Waals surface area (Å²) in [4.78, 5) is 19.8. The van der Waals surface area contributed by atoms with E-state index in [9.17, 15) is 9.59 Å². The Hall–Kier alpha value is -1.20. The minimum absolute atomic E-state index is 0.579. The Kier molecular flexibility index (Phi) is 3.26. The van der Waals surface area contributed by atoms with Gasteiger partial charge in [0.15, 0.2) is 0 Å². The highest BCUT2D eigenvalue weighted by molar-refractivity contribution is 6.04. The number of esters is 2. The van der Waals surface area contributed by atoms with Gasteiger partial charge in [0.25, 0.3) is 0 Å². The second-order valence-corrected chi connectivity index (χ2v) is 1.07. The Bertz CT molecular complexity index is 136. The molecule has 0 atom stereocenters. The van der Waals surface area contributed by atoms with Crippen molar-refractivity contribution in [3.05, 3.63) is 12.2 Å². The van der Waals surface area contributed by atoms with Crippen LogP contribution < -0.4 is 11.7 Å². The van der Waals surface area contributed by atoms with Crippen LogP contribution in [0.15, 0.2) is 12.2 Å². The molecule has 9 heavy (non-hydrogen) atoms. The molecular weight excluding hydrogens is 124 g/mol. The molecule has 1 aliphatic rings. The van der Waals surface area contributed by atoms with Gasteiger partial charge in [-0.15, -0.1) is 0 Å². The molecule has 0 amide bonds. The number of carbonyl (C=O) groups is 2. The predicted molar refractivity (Wildman–Crippen MR) is 28.6 cm³/mol. The second kappa shape index (κ2) is 3.76. The maximum Gasteiger partial charge on any atom is 0.338 e. The van der Waals surface area contributed by atoms with Gasteiger partial charge in [-0.2, -0.15) is 0 Å². The van der Waals surface area contributed by atoms with Crippen molar-refractivity contribution in [2.75, 3.05) is 0 Å². The first-order valence-corrected chi connectivity index (χ1v) is 2.06. The molecule has 0 aromatic carbocycles. The van der Waals surface area contributed by atoms with E-state index in [2.05, 4.69) is 16.4 Å². The lowest BCUT2D eigenvalue weighted by molar-refractivity contribution is -0.150. The van der Waals surface area contributed by atoms with Crippen molar-refractivity contribution < 1.29 is 14.3 Å². The highest BCUT2D eigenvalue weighted by Crippen LogP contribution is 1.92. The molecule has 0 aliphatic carbocycles. The van der Waals surface area contributed by atoms with Crippen molar-refractivity contribution in [1.29, 1.82) is 0 Å². The molecule has 5 nitrogen and oxygen atoms in total. The third kappa shape index (κ3) is 2.58. The van der Waals surface area contributed by atoms with E-state index in [1.54, 1.807) is 0 Å². The first-order valence-electron chi connectivity index (χ1n) is 2.06. The van der Waals surface area contributed by atoms with E-state index >= 15 is 0 Å². The summed E-state index contributed by atoms with van der Waals surface area (Å²) in [6, 6.07) is 0. The minimum atomic E-state index is -0.579. The molecule has 0 aromatic rings. The van der Waals surface area contributed by atoms with Gasteiger partial charge >= 0.3 is 11.9 Å². The summed E-state index contributed by atoms with van der Waals surface area (Å²) in [5, 5.41) is 0. The molecule has 5 heteroatoms. The summed E-state index contributed by atoms with van der Waals surface area (Å²) in [6.45, 7) is 0. The van der Waals surface area contributed by atoms with Gasteiger partial charge in [-0.05, 0) is 0 Å². The first kappa shape index (κ1) is 7.80. The van der Waals surface area contributed by atoms with E-state index < -0.39 is 11.9 Å². The number of hydrazine groups is 1. The van der Waals surface area contributed by atoms with Crippen LogP contribution in [-0.2, 0) is 14.3 Å². The van der Waals surface area contributed by atoms with Gasteiger partial charge in [0.2, 0.25) is 0 Å². The van der Waals surface area contributed by atoms with Crippen molar-refractivity contribution >= 4 is 11.9 Å². The Morgan fingerprint density at radius 2 is 1.44 bits per heavy atom. The monoisotopic (exact) mass is 130 g/mol.